The third kappa shape index (κ3) is 4.23. The molecule has 4 nitrogen and oxygen atoms in total. The molecular formula is C23H29NO3. The Morgan fingerprint density at radius 2 is 1.63 bits per heavy atom. The number of ether oxygens (including phenoxy) is 2. The van der Waals surface area contributed by atoms with Crippen molar-refractivity contribution in [3.63, 3.8) is 0 Å². The van der Waals surface area contributed by atoms with Gasteiger partial charge in [0.2, 0.25) is 5.60 Å². The summed E-state index contributed by atoms with van der Waals surface area (Å²) < 4.78 is 12.2. The lowest BCUT2D eigenvalue weighted by Crippen LogP contribution is -2.46. The van der Waals surface area contributed by atoms with Gasteiger partial charge < -0.3 is 9.47 Å². The van der Waals surface area contributed by atoms with Gasteiger partial charge in [-0.15, -0.1) is 0 Å². The fraction of sp³-hybridized carbons (Fsp3) is 0.435. The molecule has 0 aromatic heterocycles. The number of esters is 1. The maximum absolute atomic E-state index is 13.6. The number of rotatable bonds is 7. The maximum Gasteiger partial charge on any atom is 0.348 e. The summed E-state index contributed by atoms with van der Waals surface area (Å²) >= 11 is 0. The van der Waals surface area contributed by atoms with E-state index in [4.69, 9.17) is 9.47 Å². The molecule has 2 aromatic rings. The number of piperidine rings is 1. The summed E-state index contributed by atoms with van der Waals surface area (Å²) in [5.41, 5.74) is 0.351. The Morgan fingerprint density at radius 1 is 1.04 bits per heavy atom. The van der Waals surface area contributed by atoms with Gasteiger partial charge in [0.05, 0.1) is 0 Å². The van der Waals surface area contributed by atoms with Gasteiger partial charge in [0, 0.05) is 13.2 Å². The molecule has 0 bridgehead atoms. The van der Waals surface area contributed by atoms with Gasteiger partial charge in [0.15, 0.2) is 0 Å². The van der Waals surface area contributed by atoms with Gasteiger partial charge in [-0.1, -0.05) is 67.6 Å². The van der Waals surface area contributed by atoms with Crippen LogP contribution in [0.1, 0.15) is 37.8 Å². The molecule has 1 aliphatic rings. The summed E-state index contributed by atoms with van der Waals surface area (Å²) in [5, 5.41) is 0. The van der Waals surface area contributed by atoms with E-state index < -0.39 is 5.60 Å². The molecule has 1 fully saturated rings. The van der Waals surface area contributed by atoms with Crippen LogP contribution in [0.3, 0.4) is 0 Å². The molecule has 0 N–H and O–H groups in total. The van der Waals surface area contributed by atoms with Gasteiger partial charge in [-0.3, -0.25) is 4.90 Å². The van der Waals surface area contributed by atoms with Crippen LogP contribution in [0.2, 0.25) is 0 Å². The molecule has 0 spiro atoms. The van der Waals surface area contributed by atoms with Crippen molar-refractivity contribution in [1.29, 1.82) is 0 Å². The number of nitrogens with zero attached hydrogens (tertiary/aromatic N) is 1. The summed E-state index contributed by atoms with van der Waals surface area (Å²) in [7, 11) is 0. The Labute approximate surface area is 162 Å². The largest absolute Gasteiger partial charge is 0.458 e. The summed E-state index contributed by atoms with van der Waals surface area (Å²) in [6, 6.07) is 19.3. The first-order valence-corrected chi connectivity index (χ1v) is 9.89. The zero-order valence-corrected chi connectivity index (χ0v) is 16.3. The molecule has 1 unspecified atom stereocenters. The van der Waals surface area contributed by atoms with Crippen molar-refractivity contribution < 1.29 is 14.3 Å². The molecule has 27 heavy (non-hydrogen) atoms. The van der Waals surface area contributed by atoms with E-state index in [1.165, 1.54) is 0 Å². The van der Waals surface area contributed by atoms with Crippen molar-refractivity contribution in [2.75, 3.05) is 26.2 Å². The predicted molar refractivity (Wildman–Crippen MR) is 107 cm³/mol. The van der Waals surface area contributed by atoms with Gasteiger partial charge in [-0.2, -0.15) is 0 Å². The average molecular weight is 367 g/mol. The summed E-state index contributed by atoms with van der Waals surface area (Å²) in [5.74, 6) is -0.329. The first-order valence-electron chi connectivity index (χ1n) is 9.89. The average Bonchev–Trinajstić information content (AvgIpc) is 2.73. The maximum atomic E-state index is 13.6. The lowest BCUT2D eigenvalue weighted by atomic mass is 9.85. The molecular weight excluding hydrogens is 338 g/mol. The SMILES string of the molecule is CCOC(C(=O)OC1CCCN(CC)C1)(c1ccccc1)c1ccccc1. The van der Waals surface area contributed by atoms with Gasteiger partial charge >= 0.3 is 5.97 Å². The summed E-state index contributed by atoms with van der Waals surface area (Å²) in [6.07, 6.45) is 1.84. The molecule has 1 atom stereocenters. The molecule has 0 amide bonds. The second kappa shape index (κ2) is 9.16. The molecule has 4 heteroatoms. The highest BCUT2D eigenvalue weighted by Crippen LogP contribution is 2.36. The van der Waals surface area contributed by atoms with Crippen LogP contribution >= 0.6 is 0 Å². The molecule has 1 saturated heterocycles. The Balaban J connectivity index is 1.97. The number of benzene rings is 2. The third-order valence-electron chi connectivity index (χ3n) is 5.19. The molecule has 2 aromatic carbocycles. The minimum Gasteiger partial charge on any atom is -0.458 e. The van der Waals surface area contributed by atoms with Gasteiger partial charge in [0.25, 0.3) is 0 Å². The fourth-order valence-corrected chi connectivity index (χ4v) is 3.82. The van der Waals surface area contributed by atoms with Crippen LogP contribution in [0.15, 0.2) is 60.7 Å². The van der Waals surface area contributed by atoms with E-state index in [-0.39, 0.29) is 12.1 Å². The van der Waals surface area contributed by atoms with E-state index in [9.17, 15) is 4.79 Å². The van der Waals surface area contributed by atoms with E-state index in [1.807, 2.05) is 67.6 Å². The zero-order valence-electron chi connectivity index (χ0n) is 16.3. The number of likely N-dealkylation sites (N-methyl/N-ethyl adjacent to an activating group) is 1. The van der Waals surface area contributed by atoms with Crippen LogP contribution in [-0.2, 0) is 19.9 Å². The van der Waals surface area contributed by atoms with Crippen LogP contribution in [0.4, 0.5) is 0 Å². The van der Waals surface area contributed by atoms with Crippen LogP contribution < -0.4 is 0 Å². The van der Waals surface area contributed by atoms with E-state index in [2.05, 4.69) is 11.8 Å². The number of hydrogen-bond acceptors (Lipinski definition) is 4. The molecule has 1 heterocycles. The lowest BCUT2D eigenvalue weighted by Gasteiger charge is -2.36. The number of likely N-dealkylation sites (tertiary alicyclic amines) is 1. The van der Waals surface area contributed by atoms with Crippen LogP contribution in [0, 0.1) is 0 Å². The number of hydrogen-bond donors (Lipinski definition) is 0. The third-order valence-corrected chi connectivity index (χ3v) is 5.19. The second-order valence-corrected chi connectivity index (χ2v) is 6.91. The summed E-state index contributed by atoms with van der Waals surface area (Å²) in [6.45, 7) is 7.29. The molecule has 0 radical (unpaired) electrons. The molecule has 0 aliphatic carbocycles. The highest BCUT2D eigenvalue weighted by atomic mass is 16.6. The van der Waals surface area contributed by atoms with Crippen molar-refractivity contribution in [2.45, 2.75) is 38.4 Å². The zero-order chi connectivity index (χ0) is 19.1. The normalized spacial score (nSPS) is 18.2. The van der Waals surface area contributed by atoms with Gasteiger partial charge in [-0.05, 0) is 44.0 Å². The molecule has 1 aliphatic heterocycles. The number of carbonyl (C=O) groups excluding carboxylic acids is 1. The first-order chi connectivity index (χ1) is 13.2. The van der Waals surface area contributed by atoms with Crippen molar-refractivity contribution >= 4 is 5.97 Å². The van der Waals surface area contributed by atoms with E-state index in [0.29, 0.717) is 6.61 Å². The quantitative estimate of drug-likeness (QED) is 0.694. The standard InChI is InChI=1S/C23H29NO3/c1-3-24-17-11-16-21(18-24)27-22(25)23(26-4-2,19-12-7-5-8-13-19)20-14-9-6-10-15-20/h5-10,12-15,21H,3-4,11,16-18H2,1-2H3. The minimum absolute atomic E-state index is 0.0987. The Bertz CT molecular complexity index is 677. The minimum atomic E-state index is -1.24. The van der Waals surface area contributed by atoms with Crippen LogP contribution in [0.5, 0.6) is 0 Å². The first kappa shape index (κ1) is 19.6. The van der Waals surface area contributed by atoms with Crippen LogP contribution in [-0.4, -0.2) is 43.2 Å². The predicted octanol–water partition coefficient (Wildman–Crippen LogP) is 3.99. The van der Waals surface area contributed by atoms with Gasteiger partial charge in [0.1, 0.15) is 6.10 Å². The smallest absolute Gasteiger partial charge is 0.348 e. The van der Waals surface area contributed by atoms with E-state index in [0.717, 1.165) is 43.6 Å². The number of carbonyl (C=O) groups is 1. The molecule has 144 valence electrons. The van der Waals surface area contributed by atoms with Crippen molar-refractivity contribution in [3.8, 4) is 0 Å². The van der Waals surface area contributed by atoms with Gasteiger partial charge in [-0.25, -0.2) is 4.79 Å². The summed E-state index contributed by atoms with van der Waals surface area (Å²) in [4.78, 5) is 15.9. The van der Waals surface area contributed by atoms with Crippen molar-refractivity contribution in [3.05, 3.63) is 71.8 Å². The van der Waals surface area contributed by atoms with Crippen molar-refractivity contribution in [1.82, 2.24) is 4.90 Å². The highest BCUT2D eigenvalue weighted by molar-refractivity contribution is 5.86. The lowest BCUT2D eigenvalue weighted by molar-refractivity contribution is -0.176. The van der Waals surface area contributed by atoms with E-state index >= 15 is 0 Å². The topological polar surface area (TPSA) is 38.8 Å². The molecule has 3 rings (SSSR count). The second-order valence-electron chi connectivity index (χ2n) is 6.91. The van der Waals surface area contributed by atoms with Crippen molar-refractivity contribution in [2.24, 2.45) is 0 Å². The monoisotopic (exact) mass is 367 g/mol. The fourth-order valence-electron chi connectivity index (χ4n) is 3.82. The highest BCUT2D eigenvalue weighted by Gasteiger charge is 2.46. The Morgan fingerprint density at radius 3 is 2.15 bits per heavy atom. The van der Waals surface area contributed by atoms with E-state index in [1.54, 1.807) is 0 Å². The van der Waals surface area contributed by atoms with Crippen LogP contribution in [0.25, 0.3) is 0 Å². The Hall–Kier alpha value is -2.17. The Kier molecular flexibility index (Phi) is 6.64. The molecule has 0 saturated carbocycles.